The summed E-state index contributed by atoms with van der Waals surface area (Å²) in [6.07, 6.45) is 9.32. The zero-order valence-corrected chi connectivity index (χ0v) is 19.5. The minimum atomic E-state index is -0.570. The Morgan fingerprint density at radius 1 is 1.26 bits per heavy atom. The van der Waals surface area contributed by atoms with Gasteiger partial charge in [-0.25, -0.2) is 9.98 Å². The van der Waals surface area contributed by atoms with Crippen LogP contribution in [0.3, 0.4) is 0 Å². The van der Waals surface area contributed by atoms with Crippen molar-refractivity contribution in [3.8, 4) is 0 Å². The number of likely N-dealkylation sites (tertiary alicyclic amines) is 1. The Hall–Kier alpha value is -3.39. The predicted octanol–water partition coefficient (Wildman–Crippen LogP) is 2.85. The first-order valence-corrected chi connectivity index (χ1v) is 12.0. The molecule has 34 heavy (non-hydrogen) atoms. The van der Waals surface area contributed by atoms with Crippen molar-refractivity contribution < 1.29 is 9.59 Å². The van der Waals surface area contributed by atoms with E-state index in [1.165, 1.54) is 0 Å². The molecule has 1 saturated heterocycles. The van der Waals surface area contributed by atoms with Gasteiger partial charge in [0, 0.05) is 43.4 Å². The Morgan fingerprint density at radius 3 is 2.91 bits per heavy atom. The van der Waals surface area contributed by atoms with Crippen LogP contribution in [0.5, 0.6) is 0 Å². The van der Waals surface area contributed by atoms with E-state index in [0.717, 1.165) is 43.2 Å². The first-order valence-electron chi connectivity index (χ1n) is 12.0. The topological polar surface area (TPSA) is 98.5 Å². The minimum Gasteiger partial charge on any atom is -0.352 e. The number of carbonyl (C=O) groups excluding carboxylic acids is 2. The Bertz CT molecular complexity index is 1130. The third-order valence-corrected chi connectivity index (χ3v) is 7.03. The lowest BCUT2D eigenvalue weighted by Crippen LogP contribution is -2.41. The molecule has 3 aliphatic heterocycles. The molecule has 0 bridgehead atoms. The van der Waals surface area contributed by atoms with Crippen molar-refractivity contribution in [2.75, 3.05) is 38.0 Å². The molecule has 8 heteroatoms. The lowest BCUT2D eigenvalue weighted by atomic mass is 9.72. The molecule has 1 amide bonds. The number of anilines is 1. The second kappa shape index (κ2) is 9.46. The van der Waals surface area contributed by atoms with Crippen molar-refractivity contribution in [1.29, 1.82) is 0 Å². The minimum absolute atomic E-state index is 0.0519. The summed E-state index contributed by atoms with van der Waals surface area (Å²) >= 11 is 0. The summed E-state index contributed by atoms with van der Waals surface area (Å²) in [5, 5.41) is 6.30. The second-order valence-electron chi connectivity index (χ2n) is 9.32. The van der Waals surface area contributed by atoms with Crippen LogP contribution >= 0.6 is 0 Å². The van der Waals surface area contributed by atoms with Crippen LogP contribution < -0.4 is 10.6 Å². The Kier molecular flexibility index (Phi) is 6.24. The van der Waals surface area contributed by atoms with E-state index in [-0.39, 0.29) is 11.7 Å². The molecule has 176 valence electrons. The van der Waals surface area contributed by atoms with E-state index < -0.39 is 5.41 Å². The van der Waals surface area contributed by atoms with Crippen LogP contribution in [-0.4, -0.2) is 67.2 Å². The molecular formula is C26H30N6O2. The van der Waals surface area contributed by atoms with Gasteiger partial charge < -0.3 is 15.5 Å². The highest BCUT2D eigenvalue weighted by Gasteiger charge is 2.44. The average molecular weight is 459 g/mol. The number of aliphatic imine (C=N–C) groups is 3. The predicted molar refractivity (Wildman–Crippen MR) is 135 cm³/mol. The van der Waals surface area contributed by atoms with Crippen LogP contribution in [0, 0.1) is 11.3 Å². The number of amides is 1. The van der Waals surface area contributed by atoms with Crippen LogP contribution in [0.1, 0.15) is 36.5 Å². The smallest absolute Gasteiger partial charge is 0.251 e. The van der Waals surface area contributed by atoms with E-state index in [4.69, 9.17) is 4.99 Å². The summed E-state index contributed by atoms with van der Waals surface area (Å²) < 4.78 is 0. The van der Waals surface area contributed by atoms with E-state index in [1.54, 1.807) is 6.21 Å². The maximum atomic E-state index is 12.6. The number of Topliss-reactive ketones (excluding diaryl/α,β-unsaturated/α-hetero) is 1. The molecule has 0 saturated carbocycles. The molecule has 1 fully saturated rings. The summed E-state index contributed by atoms with van der Waals surface area (Å²) in [4.78, 5) is 41.1. The number of hydrogen-bond donors (Lipinski definition) is 2. The zero-order valence-electron chi connectivity index (χ0n) is 19.5. The lowest BCUT2D eigenvalue weighted by molar-refractivity contribution is -0.118. The number of benzene rings is 1. The van der Waals surface area contributed by atoms with Gasteiger partial charge in [-0.2, -0.15) is 0 Å². The number of hydrogen-bond acceptors (Lipinski definition) is 7. The molecule has 2 unspecified atom stereocenters. The molecule has 5 rings (SSSR count). The van der Waals surface area contributed by atoms with Gasteiger partial charge in [0.05, 0.1) is 23.4 Å². The highest BCUT2D eigenvalue weighted by atomic mass is 16.1. The highest BCUT2D eigenvalue weighted by molar-refractivity contribution is 6.15. The number of carbonyl (C=O) groups is 2. The van der Waals surface area contributed by atoms with Gasteiger partial charge in [-0.3, -0.25) is 14.6 Å². The summed E-state index contributed by atoms with van der Waals surface area (Å²) in [5.41, 5.74) is 2.51. The third-order valence-electron chi connectivity index (χ3n) is 7.03. The fourth-order valence-corrected chi connectivity index (χ4v) is 5.01. The number of ketones is 1. The average Bonchev–Trinajstić information content (AvgIpc) is 3.24. The van der Waals surface area contributed by atoms with Gasteiger partial charge in [0.25, 0.3) is 5.91 Å². The molecule has 2 atom stereocenters. The largest absolute Gasteiger partial charge is 0.352 e. The van der Waals surface area contributed by atoms with Crippen LogP contribution in [0.15, 0.2) is 63.2 Å². The number of nitrogens with one attached hydrogen (secondary N) is 2. The zero-order chi connectivity index (χ0) is 23.5. The SMILES string of the molecule is CCN1CCC(CNC(=O)c2ccc(NC3=NCC45CC(=O)CC=NC4=CC=CC5=N3)cc2)C1. The van der Waals surface area contributed by atoms with Gasteiger partial charge in [-0.1, -0.05) is 13.0 Å². The maximum absolute atomic E-state index is 12.6. The molecule has 4 aliphatic rings. The first kappa shape index (κ1) is 22.4. The van der Waals surface area contributed by atoms with Crippen molar-refractivity contribution in [3.63, 3.8) is 0 Å². The van der Waals surface area contributed by atoms with Crippen molar-refractivity contribution in [3.05, 3.63) is 53.8 Å². The Labute approximate surface area is 199 Å². The Balaban J connectivity index is 1.21. The fraction of sp³-hybridized carbons (Fsp3) is 0.423. The van der Waals surface area contributed by atoms with Gasteiger partial charge in [-0.15, -0.1) is 0 Å². The van der Waals surface area contributed by atoms with Crippen molar-refractivity contribution >= 4 is 35.3 Å². The van der Waals surface area contributed by atoms with E-state index in [2.05, 4.69) is 32.4 Å². The molecule has 3 heterocycles. The van der Waals surface area contributed by atoms with Crippen molar-refractivity contribution in [2.45, 2.75) is 26.2 Å². The second-order valence-corrected chi connectivity index (χ2v) is 9.32. The number of rotatable bonds is 5. The number of nitrogens with zero attached hydrogens (tertiary/aromatic N) is 4. The van der Waals surface area contributed by atoms with Crippen LogP contribution in [0.4, 0.5) is 5.69 Å². The molecule has 1 aliphatic carbocycles. The molecular weight excluding hydrogens is 428 g/mol. The lowest BCUT2D eigenvalue weighted by Gasteiger charge is -2.35. The summed E-state index contributed by atoms with van der Waals surface area (Å²) in [6, 6.07) is 7.33. The van der Waals surface area contributed by atoms with E-state index in [0.29, 0.717) is 43.4 Å². The molecule has 8 nitrogen and oxygen atoms in total. The maximum Gasteiger partial charge on any atom is 0.251 e. The normalized spacial score (nSPS) is 26.1. The fourth-order valence-electron chi connectivity index (χ4n) is 5.01. The Morgan fingerprint density at radius 2 is 2.12 bits per heavy atom. The van der Waals surface area contributed by atoms with E-state index in [9.17, 15) is 9.59 Å². The molecule has 1 aromatic rings. The van der Waals surface area contributed by atoms with Gasteiger partial charge in [0.1, 0.15) is 5.78 Å². The number of guanidine groups is 1. The van der Waals surface area contributed by atoms with Gasteiger partial charge in [-0.05, 0) is 61.8 Å². The highest BCUT2D eigenvalue weighted by Crippen LogP contribution is 2.41. The van der Waals surface area contributed by atoms with E-state index >= 15 is 0 Å². The van der Waals surface area contributed by atoms with Crippen molar-refractivity contribution in [2.24, 2.45) is 26.3 Å². The van der Waals surface area contributed by atoms with Crippen LogP contribution in [0.2, 0.25) is 0 Å². The summed E-state index contributed by atoms with van der Waals surface area (Å²) in [5.74, 6) is 1.11. The molecule has 0 radical (unpaired) electrons. The summed E-state index contributed by atoms with van der Waals surface area (Å²) in [6.45, 7) is 6.54. The van der Waals surface area contributed by atoms with Crippen molar-refractivity contribution in [1.82, 2.24) is 10.2 Å². The quantitative estimate of drug-likeness (QED) is 0.709. The van der Waals surface area contributed by atoms with Gasteiger partial charge in [0.2, 0.25) is 5.96 Å². The molecule has 2 N–H and O–H groups in total. The van der Waals surface area contributed by atoms with E-state index in [1.807, 2.05) is 42.5 Å². The molecule has 0 aromatic heterocycles. The standard InChI is InChI=1S/C26H30N6O2/c1-2-32-13-11-18(16-32)15-28-24(34)19-6-8-20(9-7-19)30-25-29-17-26-14-21(33)10-12-27-22(26)4-3-5-23(26)31-25/h3-9,12,18H,2,10-11,13-17H2,1H3,(H,28,34)(H,29,30). The molecule has 1 aromatic carbocycles. The third kappa shape index (κ3) is 4.50. The van der Waals surface area contributed by atoms with Crippen LogP contribution in [0.25, 0.3) is 0 Å². The van der Waals surface area contributed by atoms with Gasteiger partial charge in [0.15, 0.2) is 0 Å². The number of allylic oxidation sites excluding steroid dienone is 3. The first-order chi connectivity index (χ1) is 16.6. The van der Waals surface area contributed by atoms with Crippen LogP contribution in [-0.2, 0) is 4.79 Å². The summed E-state index contributed by atoms with van der Waals surface area (Å²) in [7, 11) is 0. The monoisotopic (exact) mass is 458 g/mol. The van der Waals surface area contributed by atoms with Gasteiger partial charge >= 0.3 is 0 Å². The molecule has 1 spiro atoms.